The van der Waals surface area contributed by atoms with Crippen LogP contribution in [-0.2, 0) is 12.5 Å². The Morgan fingerprint density at radius 3 is 2.53 bits per heavy atom. The minimum atomic E-state index is -0.634. The molecule has 0 fully saturated rings. The number of benzene rings is 2. The zero-order valence-electron chi connectivity index (χ0n) is 18.6. The van der Waals surface area contributed by atoms with Crippen molar-refractivity contribution in [3.05, 3.63) is 75.8 Å². The molecule has 0 aliphatic heterocycles. The Morgan fingerprint density at radius 1 is 1.19 bits per heavy atom. The van der Waals surface area contributed by atoms with E-state index < -0.39 is 17.3 Å². The number of rotatable bonds is 3. The second-order valence-electron chi connectivity index (χ2n) is 8.91. The number of fused-ring (bicyclic) bond motifs is 1. The third kappa shape index (κ3) is 3.47. The van der Waals surface area contributed by atoms with E-state index in [9.17, 15) is 9.59 Å². The van der Waals surface area contributed by atoms with Gasteiger partial charge < -0.3 is 10.3 Å². The van der Waals surface area contributed by atoms with Crippen LogP contribution < -0.4 is 11.3 Å². The average Bonchev–Trinajstić information content (AvgIpc) is 3.09. The number of nitrogens with zero attached hydrogens (tertiary/aromatic N) is 4. The van der Waals surface area contributed by atoms with E-state index in [-0.39, 0.29) is 16.6 Å². The molecule has 4 rings (SSSR count). The Kier molecular flexibility index (Phi) is 4.96. The molecule has 164 valence electrons. The zero-order chi connectivity index (χ0) is 23.4. The molecule has 7 nitrogen and oxygen atoms in total. The summed E-state index contributed by atoms with van der Waals surface area (Å²) in [5, 5.41) is 4.78. The summed E-state index contributed by atoms with van der Waals surface area (Å²) < 4.78 is 17.7. The molecule has 1 amide bonds. The lowest BCUT2D eigenvalue weighted by molar-refractivity contribution is 0.0987. The standard InChI is InChI=1S/C24H24FN5O2/c1-13-16(18-12-29(5)22(28-18)21(26)31)7-6-8-19(13)30-23(32)20-14(11-27-30)9-15(10-17(20)25)24(2,3)4/h6-12H,1-5H3,(H2,26,31). The summed E-state index contributed by atoms with van der Waals surface area (Å²) in [4.78, 5) is 29.1. The van der Waals surface area contributed by atoms with E-state index in [0.717, 1.165) is 5.56 Å². The summed E-state index contributed by atoms with van der Waals surface area (Å²) in [7, 11) is 1.68. The van der Waals surface area contributed by atoms with Crippen LogP contribution in [0.3, 0.4) is 0 Å². The van der Waals surface area contributed by atoms with E-state index >= 15 is 4.39 Å². The van der Waals surface area contributed by atoms with Gasteiger partial charge >= 0.3 is 0 Å². The van der Waals surface area contributed by atoms with Gasteiger partial charge in [0.1, 0.15) is 5.82 Å². The van der Waals surface area contributed by atoms with E-state index in [1.165, 1.54) is 16.9 Å². The first-order valence-electron chi connectivity index (χ1n) is 10.1. The Morgan fingerprint density at radius 2 is 1.91 bits per heavy atom. The molecule has 0 aliphatic carbocycles. The maximum absolute atomic E-state index is 15.0. The molecule has 2 aromatic heterocycles. The average molecular weight is 433 g/mol. The maximum Gasteiger partial charge on any atom is 0.284 e. The molecular formula is C24H24FN5O2. The summed E-state index contributed by atoms with van der Waals surface area (Å²) >= 11 is 0. The Hall–Kier alpha value is -3.81. The van der Waals surface area contributed by atoms with Gasteiger partial charge in [0.15, 0.2) is 5.82 Å². The lowest BCUT2D eigenvalue weighted by Crippen LogP contribution is -2.23. The number of nitrogens with two attached hydrogens (primary N) is 1. The van der Waals surface area contributed by atoms with Crippen LogP contribution in [0.2, 0.25) is 0 Å². The van der Waals surface area contributed by atoms with Gasteiger partial charge in [0, 0.05) is 24.2 Å². The van der Waals surface area contributed by atoms with Gasteiger partial charge in [-0.2, -0.15) is 9.78 Å². The summed E-state index contributed by atoms with van der Waals surface area (Å²) in [5.74, 6) is -1.08. The molecule has 2 heterocycles. The summed E-state index contributed by atoms with van der Waals surface area (Å²) in [6.07, 6.45) is 3.20. The second kappa shape index (κ2) is 7.40. The van der Waals surface area contributed by atoms with E-state index in [2.05, 4.69) is 10.1 Å². The Bertz CT molecular complexity index is 1440. The van der Waals surface area contributed by atoms with E-state index in [0.29, 0.717) is 27.9 Å². The van der Waals surface area contributed by atoms with Crippen LogP contribution in [0.5, 0.6) is 0 Å². The Balaban J connectivity index is 1.90. The van der Waals surface area contributed by atoms with Crippen molar-refractivity contribution in [2.24, 2.45) is 12.8 Å². The van der Waals surface area contributed by atoms with Crippen molar-refractivity contribution >= 4 is 16.7 Å². The van der Waals surface area contributed by atoms with Gasteiger partial charge in [-0.05, 0) is 41.7 Å². The van der Waals surface area contributed by atoms with Gasteiger partial charge in [0.05, 0.1) is 23.0 Å². The molecule has 0 bridgehead atoms. The van der Waals surface area contributed by atoms with Crippen molar-refractivity contribution in [2.45, 2.75) is 33.1 Å². The minimum absolute atomic E-state index is 0.00773. The summed E-state index contributed by atoms with van der Waals surface area (Å²) in [6, 6.07) is 8.54. The molecule has 0 radical (unpaired) electrons. The van der Waals surface area contributed by atoms with Crippen molar-refractivity contribution < 1.29 is 9.18 Å². The van der Waals surface area contributed by atoms with Crippen LogP contribution in [0, 0.1) is 12.7 Å². The lowest BCUT2D eigenvalue weighted by Gasteiger charge is -2.20. The van der Waals surface area contributed by atoms with Gasteiger partial charge in [-0.3, -0.25) is 9.59 Å². The highest BCUT2D eigenvalue weighted by Crippen LogP contribution is 2.29. The number of carbonyl (C=O) groups excluding carboxylic acids is 1. The number of imidazole rings is 1. The number of amides is 1. The number of halogens is 1. The normalized spacial score (nSPS) is 11.8. The van der Waals surface area contributed by atoms with Crippen LogP contribution in [0.25, 0.3) is 27.7 Å². The second-order valence-corrected chi connectivity index (χ2v) is 8.91. The van der Waals surface area contributed by atoms with E-state index in [1.54, 1.807) is 36.0 Å². The molecular weight excluding hydrogens is 409 g/mol. The predicted octanol–water partition coefficient (Wildman–Crippen LogP) is 3.63. The fourth-order valence-corrected chi connectivity index (χ4v) is 3.79. The zero-order valence-corrected chi connectivity index (χ0v) is 18.6. The Labute approximate surface area is 184 Å². The largest absolute Gasteiger partial charge is 0.363 e. The number of primary amides is 1. The predicted molar refractivity (Wildman–Crippen MR) is 121 cm³/mol. The summed E-state index contributed by atoms with van der Waals surface area (Å²) in [5.41, 5.74) is 7.82. The summed E-state index contributed by atoms with van der Waals surface area (Å²) in [6.45, 7) is 7.77. The van der Waals surface area contributed by atoms with Crippen molar-refractivity contribution in [3.63, 3.8) is 0 Å². The third-order valence-electron chi connectivity index (χ3n) is 5.61. The molecule has 0 aliphatic rings. The first kappa shape index (κ1) is 21.4. The number of hydrogen-bond donors (Lipinski definition) is 1. The first-order valence-corrected chi connectivity index (χ1v) is 10.1. The quantitative estimate of drug-likeness (QED) is 0.534. The fraction of sp³-hybridized carbons (Fsp3) is 0.250. The molecule has 2 aromatic carbocycles. The highest BCUT2D eigenvalue weighted by atomic mass is 19.1. The molecule has 8 heteroatoms. The van der Waals surface area contributed by atoms with Crippen LogP contribution in [-0.4, -0.2) is 25.2 Å². The van der Waals surface area contributed by atoms with Crippen molar-refractivity contribution in [1.29, 1.82) is 0 Å². The fourth-order valence-electron chi connectivity index (χ4n) is 3.79. The van der Waals surface area contributed by atoms with Crippen LogP contribution in [0.1, 0.15) is 42.5 Å². The van der Waals surface area contributed by atoms with Gasteiger partial charge in [-0.1, -0.05) is 32.9 Å². The van der Waals surface area contributed by atoms with Crippen molar-refractivity contribution in [2.75, 3.05) is 0 Å². The van der Waals surface area contributed by atoms with Crippen molar-refractivity contribution in [3.8, 4) is 16.9 Å². The van der Waals surface area contributed by atoms with E-state index in [4.69, 9.17) is 5.73 Å². The number of aryl methyl sites for hydroxylation is 1. The van der Waals surface area contributed by atoms with Gasteiger partial charge in [-0.15, -0.1) is 0 Å². The monoisotopic (exact) mass is 433 g/mol. The minimum Gasteiger partial charge on any atom is -0.363 e. The molecule has 0 saturated carbocycles. The van der Waals surface area contributed by atoms with Gasteiger partial charge in [-0.25, -0.2) is 9.37 Å². The van der Waals surface area contributed by atoms with E-state index in [1.807, 2.05) is 33.8 Å². The molecule has 0 unspecified atom stereocenters. The first-order chi connectivity index (χ1) is 15.0. The topological polar surface area (TPSA) is 95.8 Å². The molecule has 4 aromatic rings. The lowest BCUT2D eigenvalue weighted by atomic mass is 9.86. The third-order valence-corrected chi connectivity index (χ3v) is 5.61. The SMILES string of the molecule is Cc1c(-c2cn(C)c(C(N)=O)n2)cccc1-n1ncc2cc(C(C)(C)C)cc(F)c2c1=O. The van der Waals surface area contributed by atoms with Crippen LogP contribution >= 0.6 is 0 Å². The molecule has 0 spiro atoms. The molecule has 32 heavy (non-hydrogen) atoms. The molecule has 2 N–H and O–H groups in total. The highest BCUT2D eigenvalue weighted by molar-refractivity contribution is 5.90. The number of aromatic nitrogens is 4. The van der Waals surface area contributed by atoms with Crippen LogP contribution in [0.15, 0.2) is 47.5 Å². The smallest absolute Gasteiger partial charge is 0.284 e. The maximum atomic E-state index is 15.0. The molecule has 0 saturated heterocycles. The molecule has 0 atom stereocenters. The van der Waals surface area contributed by atoms with Gasteiger partial charge in [0.25, 0.3) is 11.5 Å². The number of hydrogen-bond acceptors (Lipinski definition) is 4. The number of carbonyl (C=O) groups is 1. The van der Waals surface area contributed by atoms with Gasteiger partial charge in [0.2, 0.25) is 0 Å². The highest BCUT2D eigenvalue weighted by Gasteiger charge is 2.20. The van der Waals surface area contributed by atoms with Crippen molar-refractivity contribution in [1.82, 2.24) is 19.3 Å². The van der Waals surface area contributed by atoms with Crippen LogP contribution in [0.4, 0.5) is 4.39 Å².